The summed E-state index contributed by atoms with van der Waals surface area (Å²) in [7, 11) is 0. The topological polar surface area (TPSA) is 16.4 Å². The molecule has 2 nitrogen and oxygen atoms in total. The summed E-state index contributed by atoms with van der Waals surface area (Å²) in [6.07, 6.45) is 0. The van der Waals surface area contributed by atoms with Crippen LogP contribution in [0.2, 0.25) is 0 Å². The molecule has 0 radical (unpaired) electrons. The van der Waals surface area contributed by atoms with E-state index in [1.165, 1.54) is 0 Å². The molecule has 52 heavy (non-hydrogen) atoms. The second-order valence-corrected chi connectivity index (χ2v) is 12.5. The molecule has 1 heterocycles. The van der Waals surface area contributed by atoms with Gasteiger partial charge in [-0.25, -0.2) is 0 Å². The fraction of sp³-hybridized carbons (Fsp3) is 0. The van der Waals surface area contributed by atoms with Gasteiger partial charge >= 0.3 is 0 Å². The summed E-state index contributed by atoms with van der Waals surface area (Å²) in [5.41, 5.74) is 5.35. The number of nitrogens with zero attached hydrogens (tertiary/aromatic N) is 1. The van der Waals surface area contributed by atoms with Crippen LogP contribution in [0, 0.1) is 0 Å². The second kappa shape index (κ2) is 12.5. The molecule has 0 bridgehead atoms. The van der Waals surface area contributed by atoms with Gasteiger partial charge in [0.15, 0.2) is 0 Å². The first-order valence-electron chi connectivity index (χ1n) is 22.4. The van der Waals surface area contributed by atoms with E-state index in [2.05, 4.69) is 18.2 Å². The van der Waals surface area contributed by atoms with Crippen molar-refractivity contribution in [1.29, 1.82) is 0 Å². The van der Waals surface area contributed by atoms with Crippen LogP contribution in [-0.2, 0) is 0 Å². The molecule has 10 aromatic rings. The Bertz CT molecular complexity index is 3500. The lowest BCUT2D eigenvalue weighted by Gasteiger charge is -2.26. The summed E-state index contributed by atoms with van der Waals surface area (Å²) in [4.78, 5) is 1.64. The molecular weight excluding hydrogens is 631 g/mol. The molecule has 0 spiro atoms. The van der Waals surface area contributed by atoms with Gasteiger partial charge in [-0.3, -0.25) is 0 Å². The van der Waals surface area contributed by atoms with E-state index < -0.39 is 77.6 Å². The molecule has 9 aromatic carbocycles. The van der Waals surface area contributed by atoms with E-state index >= 15 is 0 Å². The van der Waals surface area contributed by atoms with Crippen molar-refractivity contribution in [2.24, 2.45) is 0 Å². The van der Waals surface area contributed by atoms with Crippen molar-refractivity contribution in [2.75, 3.05) is 4.90 Å². The predicted octanol–water partition coefficient (Wildman–Crippen LogP) is 14.4. The van der Waals surface area contributed by atoms with E-state index in [0.717, 1.165) is 55.0 Å². The lowest BCUT2D eigenvalue weighted by atomic mass is 9.97. The molecule has 10 rings (SSSR count). The first kappa shape index (κ1) is 20.7. The number of anilines is 3. The van der Waals surface area contributed by atoms with Gasteiger partial charge in [-0.1, -0.05) is 145 Å². The van der Waals surface area contributed by atoms with Crippen LogP contribution in [0.15, 0.2) is 204 Å². The zero-order chi connectivity index (χ0) is 44.0. The van der Waals surface area contributed by atoms with Crippen LogP contribution in [0.4, 0.5) is 17.1 Å². The Labute approximate surface area is 317 Å². The third kappa shape index (κ3) is 5.21. The number of benzene rings is 9. The van der Waals surface area contributed by atoms with Crippen molar-refractivity contribution < 1.29 is 19.5 Å². The number of para-hydroxylation sites is 1. The molecule has 0 N–H and O–H groups in total. The minimum atomic E-state index is -0.650. The van der Waals surface area contributed by atoms with Gasteiger partial charge in [0.05, 0.1) is 15.1 Å². The zero-order valence-corrected chi connectivity index (χ0v) is 27.6. The van der Waals surface area contributed by atoms with Crippen molar-refractivity contribution in [3.63, 3.8) is 0 Å². The fourth-order valence-corrected chi connectivity index (χ4v) is 6.93. The highest BCUT2D eigenvalue weighted by molar-refractivity contribution is 6.12. The summed E-state index contributed by atoms with van der Waals surface area (Å²) >= 11 is 0. The van der Waals surface area contributed by atoms with Gasteiger partial charge < -0.3 is 9.32 Å². The molecule has 0 fully saturated rings. The van der Waals surface area contributed by atoms with Gasteiger partial charge in [-0.05, 0) is 109 Å². The lowest BCUT2D eigenvalue weighted by molar-refractivity contribution is 0.669. The predicted molar refractivity (Wildman–Crippen MR) is 220 cm³/mol. The molecule has 0 saturated carbocycles. The minimum absolute atomic E-state index is 0.103. The van der Waals surface area contributed by atoms with Crippen molar-refractivity contribution in [1.82, 2.24) is 0 Å². The Kier molecular flexibility index (Phi) is 4.96. The molecule has 0 atom stereocenters. The van der Waals surface area contributed by atoms with Crippen LogP contribution in [0.1, 0.15) is 15.1 Å². The van der Waals surface area contributed by atoms with Crippen molar-refractivity contribution in [3.8, 4) is 33.4 Å². The Morgan fingerprint density at radius 1 is 0.385 bits per heavy atom. The Morgan fingerprint density at radius 3 is 1.77 bits per heavy atom. The first-order chi connectivity index (χ1) is 30.4. The molecule has 0 amide bonds. The van der Waals surface area contributed by atoms with Gasteiger partial charge in [-0.2, -0.15) is 0 Å². The molecule has 0 unspecified atom stereocenters. The van der Waals surface area contributed by atoms with Gasteiger partial charge in [0, 0.05) is 27.8 Å². The quantitative estimate of drug-likeness (QED) is 0.175. The van der Waals surface area contributed by atoms with Crippen LogP contribution in [0.3, 0.4) is 0 Å². The monoisotopic (exact) mass is 674 g/mol. The molecular formula is C50H33NO. The molecule has 244 valence electrons. The van der Waals surface area contributed by atoms with Crippen LogP contribution in [0.25, 0.3) is 76.9 Å². The number of hydrogen-bond acceptors (Lipinski definition) is 2. The van der Waals surface area contributed by atoms with E-state index in [1.54, 1.807) is 4.90 Å². The lowest BCUT2D eigenvalue weighted by Crippen LogP contribution is -2.09. The normalized spacial score (nSPS) is 14.4. The summed E-state index contributed by atoms with van der Waals surface area (Å²) in [5, 5.41) is 3.41. The maximum atomic E-state index is 9.51. The summed E-state index contributed by atoms with van der Waals surface area (Å²) < 4.78 is 104. The zero-order valence-electron chi connectivity index (χ0n) is 38.6. The van der Waals surface area contributed by atoms with Crippen molar-refractivity contribution in [3.05, 3.63) is 200 Å². The van der Waals surface area contributed by atoms with Crippen LogP contribution < -0.4 is 4.90 Å². The number of hydrogen-bond donors (Lipinski definition) is 0. The third-order valence-electron chi connectivity index (χ3n) is 9.40. The van der Waals surface area contributed by atoms with E-state index in [0.29, 0.717) is 11.4 Å². The minimum Gasteiger partial charge on any atom is -0.456 e. The van der Waals surface area contributed by atoms with Crippen LogP contribution in [-0.4, -0.2) is 0 Å². The second-order valence-electron chi connectivity index (χ2n) is 12.5. The highest BCUT2D eigenvalue weighted by atomic mass is 16.3. The van der Waals surface area contributed by atoms with E-state index in [-0.39, 0.29) is 16.5 Å². The average molecular weight is 675 g/mol. The molecule has 0 aliphatic rings. The molecule has 2 heteroatoms. The van der Waals surface area contributed by atoms with Gasteiger partial charge in [0.1, 0.15) is 11.2 Å². The van der Waals surface area contributed by atoms with E-state index in [4.69, 9.17) is 14.0 Å². The third-order valence-corrected chi connectivity index (χ3v) is 9.40. The number of furan rings is 1. The van der Waals surface area contributed by atoms with Crippen molar-refractivity contribution in [2.45, 2.75) is 0 Å². The molecule has 0 saturated heterocycles. The van der Waals surface area contributed by atoms with Gasteiger partial charge in [0.25, 0.3) is 0 Å². The van der Waals surface area contributed by atoms with E-state index in [9.17, 15) is 5.48 Å². The van der Waals surface area contributed by atoms with Crippen LogP contribution in [0.5, 0.6) is 0 Å². The molecule has 0 aliphatic carbocycles. The molecule has 1 aromatic heterocycles. The maximum absolute atomic E-state index is 9.51. The Hall–Kier alpha value is -6.90. The maximum Gasteiger partial charge on any atom is 0.136 e. The van der Waals surface area contributed by atoms with Gasteiger partial charge in [-0.15, -0.1) is 0 Å². The summed E-state index contributed by atoms with van der Waals surface area (Å²) in [6.45, 7) is 0. The number of rotatable bonds is 6. The fourth-order valence-electron chi connectivity index (χ4n) is 6.93. The highest BCUT2D eigenvalue weighted by Crippen LogP contribution is 2.41. The standard InChI is InChI=1S/C50H33NO/c1-2-11-39-33-40(20-19-34(39)9-1)35-21-27-41(28-22-35)51(42-29-23-37(24-30-42)45-15-7-12-36-10-3-4-13-44(36)45)43-31-25-38(26-32-43)46-16-8-18-49-50(46)47-14-5-6-17-48(47)52-49/h1-33H/i1D,2D,9D,11D,19D,20D,21D,22D,27D,28D,33D. The Morgan fingerprint density at radius 2 is 0.981 bits per heavy atom. The largest absolute Gasteiger partial charge is 0.456 e. The van der Waals surface area contributed by atoms with Gasteiger partial charge in [0.2, 0.25) is 0 Å². The summed E-state index contributed by atoms with van der Waals surface area (Å²) in [5.74, 6) is 0. The average Bonchev–Trinajstić information content (AvgIpc) is 3.70. The smallest absolute Gasteiger partial charge is 0.136 e. The Balaban J connectivity index is 1.17. The van der Waals surface area contributed by atoms with E-state index in [1.807, 2.05) is 115 Å². The summed E-state index contributed by atoms with van der Waals surface area (Å²) in [6, 6.07) is 36.6. The number of fused-ring (bicyclic) bond motifs is 5. The first-order valence-corrected chi connectivity index (χ1v) is 16.9. The SMILES string of the molecule is [2H]c1c([2H])c(N(c2ccc(-c3cccc4ccccc34)cc2)c2ccc(-c3cccc4oc5ccccc5c34)cc2)c([2H])c([2H])c1-c1c([2H])c([2H])c2c([2H])c([2H])c([2H])c([2H])c2c1[2H]. The molecule has 0 aliphatic heterocycles. The van der Waals surface area contributed by atoms with Crippen molar-refractivity contribution >= 4 is 60.5 Å². The van der Waals surface area contributed by atoms with Crippen LogP contribution >= 0.6 is 0 Å². The highest BCUT2D eigenvalue weighted by Gasteiger charge is 2.16.